The van der Waals surface area contributed by atoms with Crippen LogP contribution in [-0.2, 0) is 0 Å². The standard InChI is InChI=1S/C27H29N5O3S/c33-15-14-31-10-12-32(13-11-31)27(35)21-8-6-20(7-9-21)24-16-22-25(28-18-29-26(22)36-24)30-23(17-34)19-4-2-1-3-5-19/h1-9,16,18,23,33-34H,10-15,17H2,(H,28,29,30). The van der Waals surface area contributed by atoms with Crippen molar-refractivity contribution in [3.05, 3.63) is 78.1 Å². The molecule has 4 aromatic rings. The highest BCUT2D eigenvalue weighted by Crippen LogP contribution is 2.36. The molecule has 36 heavy (non-hydrogen) atoms. The molecule has 1 amide bonds. The van der Waals surface area contributed by atoms with Crippen LogP contribution >= 0.6 is 11.3 Å². The van der Waals surface area contributed by atoms with E-state index in [4.69, 9.17) is 5.11 Å². The van der Waals surface area contributed by atoms with Crippen LogP contribution in [0, 0.1) is 0 Å². The fourth-order valence-electron chi connectivity index (χ4n) is 4.47. The van der Waals surface area contributed by atoms with Gasteiger partial charge in [0.05, 0.1) is 24.6 Å². The molecule has 0 aliphatic carbocycles. The molecule has 0 saturated carbocycles. The van der Waals surface area contributed by atoms with Gasteiger partial charge in [0.2, 0.25) is 0 Å². The van der Waals surface area contributed by atoms with Crippen LogP contribution in [0.3, 0.4) is 0 Å². The van der Waals surface area contributed by atoms with Crippen LogP contribution in [0.5, 0.6) is 0 Å². The summed E-state index contributed by atoms with van der Waals surface area (Å²) in [7, 11) is 0. The highest BCUT2D eigenvalue weighted by Gasteiger charge is 2.22. The van der Waals surface area contributed by atoms with Gasteiger partial charge in [0.1, 0.15) is 17.0 Å². The molecular formula is C27H29N5O3S. The zero-order valence-corrected chi connectivity index (χ0v) is 20.7. The Bertz CT molecular complexity index is 1300. The first-order valence-electron chi connectivity index (χ1n) is 12.1. The third kappa shape index (κ3) is 5.24. The summed E-state index contributed by atoms with van der Waals surface area (Å²) in [5.74, 6) is 0.715. The molecule has 0 radical (unpaired) electrons. The number of hydrogen-bond donors (Lipinski definition) is 3. The zero-order valence-electron chi connectivity index (χ0n) is 19.9. The van der Waals surface area contributed by atoms with E-state index >= 15 is 0 Å². The van der Waals surface area contributed by atoms with Gasteiger partial charge in [-0.15, -0.1) is 11.3 Å². The molecule has 1 unspecified atom stereocenters. The summed E-state index contributed by atoms with van der Waals surface area (Å²) in [6, 6.07) is 19.3. The van der Waals surface area contributed by atoms with E-state index in [2.05, 4.69) is 26.3 Å². The molecule has 3 heterocycles. The number of nitrogens with one attached hydrogen (secondary N) is 1. The number of aromatic nitrogens is 2. The van der Waals surface area contributed by atoms with Crippen molar-refractivity contribution in [1.82, 2.24) is 19.8 Å². The Labute approximate surface area is 213 Å². The molecule has 8 nitrogen and oxygen atoms in total. The SMILES string of the molecule is O=C(c1ccc(-c2cc3c(NC(CO)c4ccccc4)ncnc3s2)cc1)N1CCN(CCO)CC1. The highest BCUT2D eigenvalue weighted by atomic mass is 32.1. The van der Waals surface area contributed by atoms with Crippen molar-refractivity contribution in [2.75, 3.05) is 51.3 Å². The first kappa shape index (κ1) is 24.3. The van der Waals surface area contributed by atoms with E-state index in [1.54, 1.807) is 11.3 Å². The van der Waals surface area contributed by atoms with Crippen LogP contribution in [0.1, 0.15) is 22.0 Å². The van der Waals surface area contributed by atoms with Crippen molar-refractivity contribution in [2.45, 2.75) is 6.04 Å². The number of anilines is 1. The Morgan fingerprint density at radius 2 is 1.75 bits per heavy atom. The van der Waals surface area contributed by atoms with Gasteiger partial charge in [0.25, 0.3) is 5.91 Å². The van der Waals surface area contributed by atoms with Crippen molar-refractivity contribution >= 4 is 33.3 Å². The average molecular weight is 504 g/mol. The summed E-state index contributed by atoms with van der Waals surface area (Å²) >= 11 is 1.57. The number of rotatable bonds is 8. The van der Waals surface area contributed by atoms with E-state index in [0.717, 1.165) is 39.3 Å². The van der Waals surface area contributed by atoms with Gasteiger partial charge in [-0.05, 0) is 29.3 Å². The number of aliphatic hydroxyl groups is 2. The number of thiophene rings is 1. The second-order valence-electron chi connectivity index (χ2n) is 8.78. The number of amides is 1. The lowest BCUT2D eigenvalue weighted by molar-refractivity contribution is 0.0615. The summed E-state index contributed by atoms with van der Waals surface area (Å²) in [5.41, 5.74) is 2.67. The number of aliphatic hydroxyl groups excluding tert-OH is 2. The fourth-order valence-corrected chi connectivity index (χ4v) is 5.48. The van der Waals surface area contributed by atoms with Crippen LogP contribution in [0.25, 0.3) is 20.7 Å². The molecule has 0 bridgehead atoms. The van der Waals surface area contributed by atoms with Gasteiger partial charge in [0.15, 0.2) is 0 Å². The monoisotopic (exact) mass is 503 g/mol. The minimum atomic E-state index is -0.275. The molecule has 1 saturated heterocycles. The van der Waals surface area contributed by atoms with Gasteiger partial charge < -0.3 is 20.4 Å². The maximum absolute atomic E-state index is 13.0. The molecule has 1 aliphatic heterocycles. The number of benzene rings is 2. The third-order valence-electron chi connectivity index (χ3n) is 6.52. The Hall–Kier alpha value is -3.37. The minimum Gasteiger partial charge on any atom is -0.395 e. The van der Waals surface area contributed by atoms with Crippen molar-refractivity contribution in [3.8, 4) is 10.4 Å². The van der Waals surface area contributed by atoms with Crippen LogP contribution in [0.2, 0.25) is 0 Å². The Balaban J connectivity index is 1.32. The van der Waals surface area contributed by atoms with Gasteiger partial charge >= 0.3 is 0 Å². The number of nitrogens with zero attached hydrogens (tertiary/aromatic N) is 4. The number of hydrogen-bond acceptors (Lipinski definition) is 8. The Morgan fingerprint density at radius 3 is 2.44 bits per heavy atom. The van der Waals surface area contributed by atoms with E-state index in [1.165, 1.54) is 6.33 Å². The molecule has 1 aliphatic rings. The summed E-state index contributed by atoms with van der Waals surface area (Å²) in [5, 5.41) is 23.3. The van der Waals surface area contributed by atoms with Crippen LogP contribution < -0.4 is 5.32 Å². The third-order valence-corrected chi connectivity index (χ3v) is 7.61. The lowest BCUT2D eigenvalue weighted by Gasteiger charge is -2.34. The molecule has 0 spiro atoms. The van der Waals surface area contributed by atoms with Gasteiger partial charge in [0, 0.05) is 43.2 Å². The fraction of sp³-hybridized carbons (Fsp3) is 0.296. The highest BCUT2D eigenvalue weighted by molar-refractivity contribution is 7.21. The number of β-amino-alcohol motifs (C(OH)–C–C–N with tert-alkyl or cyclic N) is 1. The molecule has 186 valence electrons. The molecule has 9 heteroatoms. The molecule has 5 rings (SSSR count). The molecule has 1 atom stereocenters. The second kappa shape index (κ2) is 11.1. The van der Waals surface area contributed by atoms with E-state index < -0.39 is 0 Å². The maximum atomic E-state index is 13.0. The van der Waals surface area contributed by atoms with E-state index in [-0.39, 0.29) is 25.2 Å². The number of carbonyl (C=O) groups is 1. The van der Waals surface area contributed by atoms with Crippen LogP contribution in [0.15, 0.2) is 67.0 Å². The van der Waals surface area contributed by atoms with E-state index in [1.807, 2.05) is 59.5 Å². The quantitative estimate of drug-likeness (QED) is 0.339. The Kier molecular flexibility index (Phi) is 7.52. The number of piperazine rings is 1. The lowest BCUT2D eigenvalue weighted by Crippen LogP contribution is -2.49. The van der Waals surface area contributed by atoms with Gasteiger partial charge in [-0.2, -0.15) is 0 Å². The number of carbonyl (C=O) groups excluding carboxylic acids is 1. The van der Waals surface area contributed by atoms with Gasteiger partial charge in [-0.1, -0.05) is 42.5 Å². The Morgan fingerprint density at radius 1 is 1.00 bits per heavy atom. The van der Waals surface area contributed by atoms with E-state index in [9.17, 15) is 9.90 Å². The average Bonchev–Trinajstić information content (AvgIpc) is 3.38. The summed E-state index contributed by atoms with van der Waals surface area (Å²) < 4.78 is 0. The van der Waals surface area contributed by atoms with Crippen molar-refractivity contribution in [3.63, 3.8) is 0 Å². The van der Waals surface area contributed by atoms with Crippen LogP contribution in [-0.4, -0.2) is 81.8 Å². The van der Waals surface area contributed by atoms with Gasteiger partial charge in [-0.25, -0.2) is 9.97 Å². The molecule has 2 aromatic heterocycles. The molecule has 1 fully saturated rings. The second-order valence-corrected chi connectivity index (χ2v) is 9.81. The molecule has 2 aromatic carbocycles. The van der Waals surface area contributed by atoms with Crippen molar-refractivity contribution in [1.29, 1.82) is 0 Å². The molecular weight excluding hydrogens is 474 g/mol. The summed E-state index contributed by atoms with van der Waals surface area (Å²) in [4.78, 5) is 27.8. The van der Waals surface area contributed by atoms with Gasteiger partial charge in [-0.3, -0.25) is 9.69 Å². The predicted molar refractivity (Wildman–Crippen MR) is 142 cm³/mol. The predicted octanol–water partition coefficient (Wildman–Crippen LogP) is 3.25. The summed E-state index contributed by atoms with van der Waals surface area (Å²) in [6.45, 7) is 3.65. The number of fused-ring (bicyclic) bond motifs is 1. The lowest BCUT2D eigenvalue weighted by atomic mass is 10.1. The first-order valence-corrected chi connectivity index (χ1v) is 12.9. The van der Waals surface area contributed by atoms with Crippen molar-refractivity contribution < 1.29 is 15.0 Å². The first-order chi connectivity index (χ1) is 17.7. The zero-order chi connectivity index (χ0) is 24.9. The minimum absolute atomic E-state index is 0.0369. The smallest absolute Gasteiger partial charge is 0.253 e. The summed E-state index contributed by atoms with van der Waals surface area (Å²) in [6.07, 6.45) is 1.53. The maximum Gasteiger partial charge on any atom is 0.253 e. The van der Waals surface area contributed by atoms with Crippen molar-refractivity contribution in [2.24, 2.45) is 0 Å². The van der Waals surface area contributed by atoms with E-state index in [0.29, 0.717) is 31.0 Å². The topological polar surface area (TPSA) is 102 Å². The normalized spacial score (nSPS) is 15.2. The van der Waals surface area contributed by atoms with Crippen LogP contribution in [0.4, 0.5) is 5.82 Å². The molecule has 3 N–H and O–H groups in total. The largest absolute Gasteiger partial charge is 0.395 e.